The lowest BCUT2D eigenvalue weighted by Gasteiger charge is -2.33. The van der Waals surface area contributed by atoms with Crippen LogP contribution in [0.3, 0.4) is 0 Å². The summed E-state index contributed by atoms with van der Waals surface area (Å²) in [6, 6.07) is 6.44. The van der Waals surface area contributed by atoms with Crippen LogP contribution in [0, 0.1) is 5.82 Å². The van der Waals surface area contributed by atoms with E-state index in [2.05, 4.69) is 20.5 Å². The second-order valence-electron chi connectivity index (χ2n) is 8.94. The Balaban J connectivity index is 1.22. The number of hydrogen-bond acceptors (Lipinski definition) is 6. The molecule has 1 atom stereocenters. The number of halogens is 1. The van der Waals surface area contributed by atoms with E-state index in [0.717, 1.165) is 32.5 Å². The van der Waals surface area contributed by atoms with Crippen molar-refractivity contribution in [1.82, 2.24) is 20.1 Å². The summed E-state index contributed by atoms with van der Waals surface area (Å²) < 4.78 is 14.9. The van der Waals surface area contributed by atoms with Gasteiger partial charge in [0, 0.05) is 56.6 Å². The third kappa shape index (κ3) is 4.45. The minimum Gasteiger partial charge on any atom is -0.380 e. The van der Waals surface area contributed by atoms with Gasteiger partial charge < -0.3 is 10.2 Å². The Labute approximate surface area is 191 Å². The first-order valence-electron chi connectivity index (χ1n) is 11.3. The van der Waals surface area contributed by atoms with Crippen LogP contribution < -0.4 is 10.6 Å². The van der Waals surface area contributed by atoms with E-state index in [1.165, 1.54) is 16.5 Å². The number of anilines is 1. The van der Waals surface area contributed by atoms with Gasteiger partial charge in [-0.3, -0.25) is 29.6 Å². The predicted molar refractivity (Wildman–Crippen MR) is 119 cm³/mol. The number of nitrogens with zero attached hydrogens (tertiary/aromatic N) is 3. The van der Waals surface area contributed by atoms with E-state index in [1.807, 2.05) is 12.1 Å². The number of fused-ring (bicyclic) bond motifs is 1. The van der Waals surface area contributed by atoms with E-state index in [0.29, 0.717) is 11.3 Å². The van der Waals surface area contributed by atoms with Crippen molar-refractivity contribution < 1.29 is 18.8 Å². The number of nitrogens with one attached hydrogen (secondary N) is 2. The molecule has 172 valence electrons. The summed E-state index contributed by atoms with van der Waals surface area (Å²) in [5.41, 5.74) is 2.60. The second-order valence-corrected chi connectivity index (χ2v) is 8.94. The Bertz CT molecular complexity index is 1090. The Kier molecular flexibility index (Phi) is 5.80. The quantitative estimate of drug-likeness (QED) is 0.676. The molecule has 33 heavy (non-hydrogen) atoms. The molecule has 0 bridgehead atoms. The van der Waals surface area contributed by atoms with E-state index in [-0.39, 0.29) is 42.8 Å². The van der Waals surface area contributed by atoms with Gasteiger partial charge in [0.25, 0.3) is 5.91 Å². The summed E-state index contributed by atoms with van der Waals surface area (Å²) in [5, 5.41) is 5.61. The number of benzene rings is 1. The van der Waals surface area contributed by atoms with Crippen LogP contribution in [0.25, 0.3) is 0 Å². The van der Waals surface area contributed by atoms with Crippen LogP contribution in [-0.4, -0.2) is 57.7 Å². The van der Waals surface area contributed by atoms with Crippen molar-refractivity contribution in [2.45, 2.75) is 50.9 Å². The van der Waals surface area contributed by atoms with Crippen molar-refractivity contribution in [3.8, 4) is 0 Å². The zero-order valence-corrected chi connectivity index (χ0v) is 18.2. The van der Waals surface area contributed by atoms with Gasteiger partial charge in [0.05, 0.1) is 5.69 Å². The first-order chi connectivity index (χ1) is 16.0. The van der Waals surface area contributed by atoms with Crippen LogP contribution >= 0.6 is 0 Å². The number of amides is 3. The lowest BCUT2D eigenvalue weighted by Crippen LogP contribution is -2.52. The van der Waals surface area contributed by atoms with Gasteiger partial charge in [-0.05, 0) is 54.7 Å². The fourth-order valence-electron chi connectivity index (χ4n) is 4.90. The summed E-state index contributed by atoms with van der Waals surface area (Å²) in [5.74, 6) is -1.63. The van der Waals surface area contributed by atoms with Crippen molar-refractivity contribution in [1.29, 1.82) is 0 Å². The van der Waals surface area contributed by atoms with Gasteiger partial charge in [-0.2, -0.15) is 0 Å². The third-order valence-electron chi connectivity index (χ3n) is 6.71. The highest BCUT2D eigenvalue weighted by Gasteiger charge is 2.39. The standard InChI is InChI=1S/C24H26FN5O3/c25-19-12-18-16(14-30(24(18)33)21-1-2-22(31)28-23(21)32)11-20(19)27-17-5-9-29(10-6-17)13-15-3-7-26-8-4-15/h3-4,7-8,11-12,17,21,27H,1-2,5-6,9-10,13-14H2,(H,28,31,32). The molecule has 0 saturated carbocycles. The van der Waals surface area contributed by atoms with Crippen molar-refractivity contribution in [2.24, 2.45) is 0 Å². The molecule has 1 aromatic heterocycles. The first-order valence-corrected chi connectivity index (χ1v) is 11.3. The van der Waals surface area contributed by atoms with Gasteiger partial charge in [0.1, 0.15) is 11.9 Å². The third-order valence-corrected chi connectivity index (χ3v) is 6.71. The number of pyridine rings is 1. The van der Waals surface area contributed by atoms with Crippen LogP contribution in [0.5, 0.6) is 0 Å². The largest absolute Gasteiger partial charge is 0.380 e. The van der Waals surface area contributed by atoms with Crippen molar-refractivity contribution in [3.05, 3.63) is 59.2 Å². The van der Waals surface area contributed by atoms with E-state index in [9.17, 15) is 18.8 Å². The fourth-order valence-corrected chi connectivity index (χ4v) is 4.90. The molecule has 8 nitrogen and oxygen atoms in total. The van der Waals surface area contributed by atoms with Gasteiger partial charge in [-0.15, -0.1) is 0 Å². The molecule has 5 rings (SSSR count). The maximum atomic E-state index is 14.9. The maximum Gasteiger partial charge on any atom is 0.255 e. The maximum absolute atomic E-state index is 14.9. The topological polar surface area (TPSA) is 94.6 Å². The van der Waals surface area contributed by atoms with Gasteiger partial charge >= 0.3 is 0 Å². The normalized spacial score (nSPS) is 21.8. The van der Waals surface area contributed by atoms with E-state index in [4.69, 9.17) is 0 Å². The van der Waals surface area contributed by atoms with Gasteiger partial charge in [-0.25, -0.2) is 4.39 Å². The smallest absolute Gasteiger partial charge is 0.255 e. The SMILES string of the molecule is O=C1CCC(N2Cc3cc(NC4CCN(Cc5ccncc5)CC4)c(F)cc3C2=O)C(=O)N1. The summed E-state index contributed by atoms with van der Waals surface area (Å²) in [7, 11) is 0. The highest BCUT2D eigenvalue weighted by molar-refractivity contribution is 6.05. The monoisotopic (exact) mass is 451 g/mol. The molecule has 1 aromatic carbocycles. The molecule has 4 heterocycles. The van der Waals surface area contributed by atoms with Gasteiger partial charge in [0.15, 0.2) is 0 Å². The highest BCUT2D eigenvalue weighted by atomic mass is 19.1. The van der Waals surface area contributed by atoms with E-state index >= 15 is 0 Å². The molecule has 3 aliphatic rings. The molecule has 9 heteroatoms. The zero-order chi connectivity index (χ0) is 22.9. The van der Waals surface area contributed by atoms with Crippen LogP contribution in [0.1, 0.15) is 47.2 Å². The Morgan fingerprint density at radius 2 is 1.85 bits per heavy atom. The molecule has 3 aliphatic heterocycles. The number of rotatable bonds is 5. The fraction of sp³-hybridized carbons (Fsp3) is 0.417. The van der Waals surface area contributed by atoms with Crippen LogP contribution in [-0.2, 0) is 22.7 Å². The van der Waals surface area contributed by atoms with Crippen molar-refractivity contribution >= 4 is 23.4 Å². The summed E-state index contributed by atoms with van der Waals surface area (Å²) in [4.78, 5) is 44.3. The molecule has 1 unspecified atom stereocenters. The Hall–Kier alpha value is -3.33. The number of carbonyl (C=O) groups excluding carboxylic acids is 3. The number of aromatic nitrogens is 1. The molecule has 2 fully saturated rings. The molecule has 0 spiro atoms. The molecular weight excluding hydrogens is 425 g/mol. The van der Waals surface area contributed by atoms with Gasteiger partial charge in [-0.1, -0.05) is 0 Å². The molecule has 0 aliphatic carbocycles. The van der Waals surface area contributed by atoms with E-state index < -0.39 is 17.8 Å². The minimum atomic E-state index is -0.702. The number of carbonyl (C=O) groups is 3. The van der Waals surface area contributed by atoms with Crippen LogP contribution in [0.2, 0.25) is 0 Å². The molecule has 2 saturated heterocycles. The number of piperidine rings is 2. The Morgan fingerprint density at radius 1 is 1.09 bits per heavy atom. The summed E-state index contributed by atoms with van der Waals surface area (Å²) >= 11 is 0. The molecular formula is C24H26FN5O3. The average molecular weight is 452 g/mol. The second kappa shape index (κ2) is 8.90. The minimum absolute atomic E-state index is 0.148. The summed E-state index contributed by atoms with van der Waals surface area (Å²) in [6.45, 7) is 2.93. The number of likely N-dealkylation sites (tertiary alicyclic amines) is 1. The van der Waals surface area contributed by atoms with Gasteiger partial charge in [0.2, 0.25) is 11.8 Å². The van der Waals surface area contributed by atoms with Crippen LogP contribution in [0.15, 0.2) is 36.7 Å². The molecule has 3 amide bonds. The lowest BCUT2D eigenvalue weighted by molar-refractivity contribution is -0.136. The van der Waals surface area contributed by atoms with Crippen molar-refractivity contribution in [2.75, 3.05) is 18.4 Å². The highest BCUT2D eigenvalue weighted by Crippen LogP contribution is 2.32. The average Bonchev–Trinajstić information content (AvgIpc) is 3.11. The van der Waals surface area contributed by atoms with E-state index in [1.54, 1.807) is 18.5 Å². The number of hydrogen-bond donors (Lipinski definition) is 2. The van der Waals surface area contributed by atoms with Crippen molar-refractivity contribution in [3.63, 3.8) is 0 Å². The lowest BCUT2D eigenvalue weighted by atomic mass is 10.0. The number of imide groups is 1. The first kappa shape index (κ1) is 21.5. The predicted octanol–water partition coefficient (Wildman–Crippen LogP) is 2.06. The summed E-state index contributed by atoms with van der Waals surface area (Å²) in [6.07, 6.45) is 5.86. The zero-order valence-electron chi connectivity index (χ0n) is 18.2. The molecule has 2 N–H and O–H groups in total. The molecule has 0 radical (unpaired) electrons. The molecule has 2 aromatic rings. The van der Waals surface area contributed by atoms with Crippen LogP contribution in [0.4, 0.5) is 10.1 Å². The Morgan fingerprint density at radius 3 is 2.58 bits per heavy atom.